The topological polar surface area (TPSA) is 98.4 Å². The lowest BCUT2D eigenvalue weighted by Crippen LogP contribution is -2.25. The van der Waals surface area contributed by atoms with Crippen molar-refractivity contribution in [2.24, 2.45) is 17.8 Å². The fraction of sp³-hybridized carbons (Fsp3) is 0.435. The number of sulfone groups is 1. The highest BCUT2D eigenvalue weighted by atomic mass is 32.2. The molecule has 0 bridgehead atoms. The van der Waals surface area contributed by atoms with Crippen molar-refractivity contribution in [2.75, 3.05) is 30.9 Å². The van der Waals surface area contributed by atoms with Gasteiger partial charge in [-0.25, -0.2) is 17.2 Å². The SMILES string of the molecule is CC(C)c1noc(N2CC3C(COc4c(F)cc(-c5ccc(S(C)(=O)=O)cn5)cc4F)[C@@H]3C2)n1. The summed E-state index contributed by atoms with van der Waals surface area (Å²) in [6.45, 7) is 5.71. The van der Waals surface area contributed by atoms with Crippen LogP contribution in [0.3, 0.4) is 0 Å². The molecule has 0 spiro atoms. The van der Waals surface area contributed by atoms with E-state index < -0.39 is 27.2 Å². The maximum atomic E-state index is 14.7. The Kier molecular flexibility index (Phi) is 5.54. The Bertz CT molecular complexity index is 1290. The maximum absolute atomic E-state index is 14.7. The number of aromatic nitrogens is 3. The van der Waals surface area contributed by atoms with Gasteiger partial charge in [0.2, 0.25) is 0 Å². The van der Waals surface area contributed by atoms with Crippen LogP contribution in [-0.4, -0.2) is 49.5 Å². The highest BCUT2D eigenvalue weighted by Gasteiger charge is 2.57. The average molecular weight is 491 g/mol. The van der Waals surface area contributed by atoms with E-state index in [0.29, 0.717) is 23.7 Å². The van der Waals surface area contributed by atoms with Crippen LogP contribution in [0, 0.1) is 29.4 Å². The number of hydrogen-bond acceptors (Lipinski definition) is 8. The number of rotatable bonds is 7. The summed E-state index contributed by atoms with van der Waals surface area (Å²) in [5.41, 5.74) is 0.455. The summed E-state index contributed by atoms with van der Waals surface area (Å²) in [4.78, 5) is 10.5. The second kappa shape index (κ2) is 8.30. The van der Waals surface area contributed by atoms with Crippen molar-refractivity contribution in [3.05, 3.63) is 47.9 Å². The van der Waals surface area contributed by atoms with Crippen LogP contribution in [0.1, 0.15) is 25.6 Å². The predicted molar refractivity (Wildman–Crippen MR) is 119 cm³/mol. The minimum Gasteiger partial charge on any atom is -0.487 e. The van der Waals surface area contributed by atoms with Gasteiger partial charge < -0.3 is 14.2 Å². The minimum atomic E-state index is -3.41. The lowest BCUT2D eigenvalue weighted by molar-refractivity contribution is 0.256. The van der Waals surface area contributed by atoms with E-state index >= 15 is 0 Å². The first-order chi connectivity index (χ1) is 16.1. The highest BCUT2D eigenvalue weighted by molar-refractivity contribution is 7.90. The lowest BCUT2D eigenvalue weighted by Gasteiger charge is -2.17. The van der Waals surface area contributed by atoms with Crippen molar-refractivity contribution in [3.63, 3.8) is 0 Å². The largest absolute Gasteiger partial charge is 0.487 e. The number of benzene rings is 1. The molecule has 1 aliphatic heterocycles. The summed E-state index contributed by atoms with van der Waals surface area (Å²) >= 11 is 0. The lowest BCUT2D eigenvalue weighted by atomic mass is 10.1. The molecule has 8 nitrogen and oxygen atoms in total. The van der Waals surface area contributed by atoms with E-state index in [-0.39, 0.29) is 34.6 Å². The van der Waals surface area contributed by atoms with Gasteiger partial charge in [-0.1, -0.05) is 19.0 Å². The minimum absolute atomic E-state index is 0.0325. The molecule has 2 aliphatic rings. The summed E-state index contributed by atoms with van der Waals surface area (Å²) in [6, 6.07) is 5.55. The fourth-order valence-electron chi connectivity index (χ4n) is 4.44. The Labute approximate surface area is 195 Å². The van der Waals surface area contributed by atoms with Gasteiger partial charge >= 0.3 is 6.01 Å². The zero-order chi connectivity index (χ0) is 24.2. The smallest absolute Gasteiger partial charge is 0.324 e. The summed E-state index contributed by atoms with van der Waals surface area (Å²) in [6.07, 6.45) is 2.23. The second-order valence-electron chi connectivity index (χ2n) is 9.22. The van der Waals surface area contributed by atoms with Gasteiger partial charge in [-0.2, -0.15) is 4.98 Å². The fourth-order valence-corrected chi connectivity index (χ4v) is 5.00. The monoisotopic (exact) mass is 490 g/mol. The van der Waals surface area contributed by atoms with Gasteiger partial charge in [0.1, 0.15) is 0 Å². The molecule has 3 aromatic rings. The number of fused-ring (bicyclic) bond motifs is 1. The van der Waals surface area contributed by atoms with Crippen molar-refractivity contribution in [2.45, 2.75) is 24.7 Å². The average Bonchev–Trinajstić information content (AvgIpc) is 3.16. The predicted octanol–water partition coefficient (Wildman–Crippen LogP) is 3.70. The van der Waals surface area contributed by atoms with E-state index in [1.807, 2.05) is 18.7 Å². The zero-order valence-electron chi connectivity index (χ0n) is 18.9. The van der Waals surface area contributed by atoms with Gasteiger partial charge in [0.15, 0.2) is 33.0 Å². The van der Waals surface area contributed by atoms with Crippen LogP contribution < -0.4 is 9.64 Å². The first-order valence-corrected chi connectivity index (χ1v) is 12.9. The summed E-state index contributed by atoms with van der Waals surface area (Å²) in [7, 11) is -3.41. The van der Waals surface area contributed by atoms with E-state index in [1.54, 1.807) is 0 Å². The Morgan fingerprint density at radius 1 is 1.18 bits per heavy atom. The standard InChI is InChI=1S/C23H24F2N4O4S/c1-12(2)22-27-23(33-28-22)29-9-15-16(10-29)17(15)11-32-21-18(24)6-13(7-19(21)25)20-5-4-14(8-26-20)34(3,30)31/h4-8,12,15-17H,9-11H2,1-3H3/t15-,16?,17?/m1/s1. The van der Waals surface area contributed by atoms with Crippen LogP contribution in [0.15, 0.2) is 39.9 Å². The maximum Gasteiger partial charge on any atom is 0.324 e. The third kappa shape index (κ3) is 4.24. The molecule has 2 aromatic heterocycles. The van der Waals surface area contributed by atoms with Crippen LogP contribution in [0.5, 0.6) is 5.75 Å². The van der Waals surface area contributed by atoms with E-state index in [0.717, 1.165) is 37.7 Å². The molecule has 0 N–H and O–H groups in total. The third-order valence-electron chi connectivity index (χ3n) is 6.47. The number of pyridine rings is 1. The molecule has 3 atom stereocenters. The van der Waals surface area contributed by atoms with E-state index in [4.69, 9.17) is 9.26 Å². The summed E-state index contributed by atoms with van der Waals surface area (Å²) < 4.78 is 63.3. The summed E-state index contributed by atoms with van der Waals surface area (Å²) in [5, 5.41) is 3.99. The van der Waals surface area contributed by atoms with Crippen LogP contribution in [0.2, 0.25) is 0 Å². The molecule has 2 unspecified atom stereocenters. The molecule has 3 heterocycles. The molecule has 1 aromatic carbocycles. The second-order valence-corrected chi connectivity index (χ2v) is 11.2. The molecule has 0 radical (unpaired) electrons. The van der Waals surface area contributed by atoms with Crippen LogP contribution in [0.25, 0.3) is 11.3 Å². The van der Waals surface area contributed by atoms with Crippen molar-refractivity contribution in [1.82, 2.24) is 15.1 Å². The molecule has 34 heavy (non-hydrogen) atoms. The van der Waals surface area contributed by atoms with E-state index in [9.17, 15) is 17.2 Å². The van der Waals surface area contributed by atoms with Crippen molar-refractivity contribution in [1.29, 1.82) is 0 Å². The number of hydrogen-bond donors (Lipinski definition) is 0. The Morgan fingerprint density at radius 3 is 2.38 bits per heavy atom. The van der Waals surface area contributed by atoms with Crippen LogP contribution >= 0.6 is 0 Å². The van der Waals surface area contributed by atoms with Crippen molar-refractivity contribution in [3.8, 4) is 17.0 Å². The summed E-state index contributed by atoms with van der Waals surface area (Å²) in [5.74, 6) is -0.285. The van der Waals surface area contributed by atoms with Crippen molar-refractivity contribution < 1.29 is 26.5 Å². The molecular formula is C23H24F2N4O4S. The molecule has 1 saturated carbocycles. The van der Waals surface area contributed by atoms with Crippen LogP contribution in [0.4, 0.5) is 14.8 Å². The van der Waals surface area contributed by atoms with Crippen molar-refractivity contribution >= 4 is 15.9 Å². The van der Waals surface area contributed by atoms with Gasteiger partial charge in [0.25, 0.3) is 0 Å². The molecule has 0 amide bonds. The molecule has 2 fully saturated rings. The molecule has 1 saturated heterocycles. The number of halogens is 2. The molecule has 180 valence electrons. The normalized spacial score (nSPS) is 21.7. The molecule has 11 heteroatoms. The number of nitrogens with zero attached hydrogens (tertiary/aromatic N) is 4. The number of anilines is 1. The van der Waals surface area contributed by atoms with E-state index in [1.165, 1.54) is 12.1 Å². The van der Waals surface area contributed by atoms with Gasteiger partial charge in [0, 0.05) is 42.9 Å². The van der Waals surface area contributed by atoms with Gasteiger partial charge in [-0.05, 0) is 36.1 Å². The van der Waals surface area contributed by atoms with Gasteiger partial charge in [-0.15, -0.1) is 0 Å². The van der Waals surface area contributed by atoms with Gasteiger partial charge in [-0.3, -0.25) is 4.98 Å². The first kappa shape index (κ1) is 22.7. The Balaban J connectivity index is 1.20. The first-order valence-electron chi connectivity index (χ1n) is 11.0. The quantitative estimate of drug-likeness (QED) is 0.495. The highest BCUT2D eigenvalue weighted by Crippen LogP contribution is 2.52. The third-order valence-corrected chi connectivity index (χ3v) is 7.57. The van der Waals surface area contributed by atoms with E-state index in [2.05, 4.69) is 15.1 Å². The zero-order valence-corrected chi connectivity index (χ0v) is 19.7. The van der Waals surface area contributed by atoms with Crippen LogP contribution in [-0.2, 0) is 9.84 Å². The molecule has 5 rings (SSSR count). The Hall–Kier alpha value is -3.08. The molecular weight excluding hydrogens is 466 g/mol. The Morgan fingerprint density at radius 2 is 1.85 bits per heavy atom. The molecule has 1 aliphatic carbocycles. The van der Waals surface area contributed by atoms with Gasteiger partial charge in [0.05, 0.1) is 17.2 Å². The number of piperidine rings is 1. The number of ether oxygens (including phenoxy) is 1.